The van der Waals surface area contributed by atoms with Crippen molar-refractivity contribution in [3.05, 3.63) is 35.4 Å². The fourth-order valence-corrected chi connectivity index (χ4v) is 1.43. The Bertz CT molecular complexity index is 271. The SMILES string of the molecule is CCc1ccccc1C(O)C(C)N. The molecule has 0 spiro atoms. The predicted octanol–water partition coefficient (Wildman–Crippen LogP) is 1.63. The molecular weight excluding hydrogens is 162 g/mol. The Kier molecular flexibility index (Phi) is 3.46. The highest BCUT2D eigenvalue weighted by Gasteiger charge is 2.14. The Balaban J connectivity index is 2.98. The summed E-state index contributed by atoms with van der Waals surface area (Å²) in [5.74, 6) is 0. The molecule has 1 rings (SSSR count). The molecule has 0 aliphatic carbocycles. The number of benzene rings is 1. The van der Waals surface area contributed by atoms with Crippen molar-refractivity contribution < 1.29 is 5.11 Å². The van der Waals surface area contributed by atoms with Gasteiger partial charge in [0.05, 0.1) is 6.10 Å². The van der Waals surface area contributed by atoms with Crippen molar-refractivity contribution in [3.63, 3.8) is 0 Å². The first-order valence-electron chi connectivity index (χ1n) is 4.68. The Labute approximate surface area is 79.4 Å². The van der Waals surface area contributed by atoms with Gasteiger partial charge < -0.3 is 10.8 Å². The van der Waals surface area contributed by atoms with Gasteiger partial charge in [-0.15, -0.1) is 0 Å². The monoisotopic (exact) mass is 179 g/mol. The molecule has 72 valence electrons. The first kappa shape index (κ1) is 10.2. The maximum Gasteiger partial charge on any atom is 0.0940 e. The molecule has 1 aromatic rings. The zero-order chi connectivity index (χ0) is 9.84. The van der Waals surface area contributed by atoms with E-state index in [2.05, 4.69) is 6.92 Å². The van der Waals surface area contributed by atoms with Crippen molar-refractivity contribution in [1.82, 2.24) is 0 Å². The highest BCUT2D eigenvalue weighted by molar-refractivity contribution is 5.29. The molecule has 2 heteroatoms. The highest BCUT2D eigenvalue weighted by atomic mass is 16.3. The molecule has 13 heavy (non-hydrogen) atoms. The van der Waals surface area contributed by atoms with Crippen molar-refractivity contribution in [2.45, 2.75) is 32.4 Å². The summed E-state index contributed by atoms with van der Waals surface area (Å²) in [5.41, 5.74) is 7.77. The standard InChI is InChI=1S/C11H17NO/c1-3-9-6-4-5-7-10(9)11(13)8(2)12/h4-8,11,13H,3,12H2,1-2H3. The molecule has 0 radical (unpaired) electrons. The van der Waals surface area contributed by atoms with Gasteiger partial charge in [-0.25, -0.2) is 0 Å². The third-order valence-electron chi connectivity index (χ3n) is 2.25. The number of aryl methyl sites for hydroxylation is 1. The van der Waals surface area contributed by atoms with Gasteiger partial charge >= 0.3 is 0 Å². The van der Waals surface area contributed by atoms with Crippen LogP contribution in [0, 0.1) is 0 Å². The zero-order valence-corrected chi connectivity index (χ0v) is 8.20. The summed E-state index contributed by atoms with van der Waals surface area (Å²) >= 11 is 0. The first-order valence-corrected chi connectivity index (χ1v) is 4.68. The summed E-state index contributed by atoms with van der Waals surface area (Å²) in [6.45, 7) is 3.89. The lowest BCUT2D eigenvalue weighted by Gasteiger charge is -2.17. The van der Waals surface area contributed by atoms with Gasteiger partial charge in [0, 0.05) is 6.04 Å². The minimum absolute atomic E-state index is 0.215. The molecule has 2 unspecified atom stereocenters. The molecule has 0 aliphatic heterocycles. The molecule has 3 N–H and O–H groups in total. The van der Waals surface area contributed by atoms with Crippen LogP contribution in [-0.4, -0.2) is 11.1 Å². The van der Waals surface area contributed by atoms with Crippen LogP contribution in [0.15, 0.2) is 24.3 Å². The van der Waals surface area contributed by atoms with Crippen LogP contribution in [-0.2, 0) is 6.42 Å². The molecule has 2 atom stereocenters. The minimum Gasteiger partial charge on any atom is -0.387 e. The highest BCUT2D eigenvalue weighted by Crippen LogP contribution is 2.20. The topological polar surface area (TPSA) is 46.2 Å². The van der Waals surface area contributed by atoms with Gasteiger partial charge in [0.15, 0.2) is 0 Å². The van der Waals surface area contributed by atoms with Crippen LogP contribution in [0.1, 0.15) is 31.1 Å². The quantitative estimate of drug-likeness (QED) is 0.740. The number of hydrogen-bond acceptors (Lipinski definition) is 2. The lowest BCUT2D eigenvalue weighted by molar-refractivity contribution is 0.152. The van der Waals surface area contributed by atoms with Crippen molar-refractivity contribution >= 4 is 0 Å². The van der Waals surface area contributed by atoms with E-state index in [0.29, 0.717) is 0 Å². The average molecular weight is 179 g/mol. The summed E-state index contributed by atoms with van der Waals surface area (Å²) in [6, 6.07) is 7.66. The molecule has 0 aliphatic rings. The number of rotatable bonds is 3. The van der Waals surface area contributed by atoms with Crippen molar-refractivity contribution in [1.29, 1.82) is 0 Å². The van der Waals surface area contributed by atoms with Gasteiger partial charge in [-0.2, -0.15) is 0 Å². The summed E-state index contributed by atoms with van der Waals surface area (Å²) in [7, 11) is 0. The smallest absolute Gasteiger partial charge is 0.0940 e. The molecule has 0 bridgehead atoms. The van der Waals surface area contributed by atoms with Gasteiger partial charge in [0.25, 0.3) is 0 Å². The van der Waals surface area contributed by atoms with E-state index in [-0.39, 0.29) is 6.04 Å². The maximum absolute atomic E-state index is 9.78. The zero-order valence-electron chi connectivity index (χ0n) is 8.20. The van der Waals surface area contributed by atoms with E-state index < -0.39 is 6.10 Å². The van der Waals surface area contributed by atoms with Crippen LogP contribution in [0.25, 0.3) is 0 Å². The number of aliphatic hydroxyl groups excluding tert-OH is 1. The first-order chi connectivity index (χ1) is 6.16. The molecule has 0 heterocycles. The van der Waals surface area contributed by atoms with E-state index in [0.717, 1.165) is 12.0 Å². The van der Waals surface area contributed by atoms with Crippen LogP contribution in [0.5, 0.6) is 0 Å². The second-order valence-corrected chi connectivity index (χ2v) is 3.36. The summed E-state index contributed by atoms with van der Waals surface area (Å²) in [5, 5.41) is 9.78. The minimum atomic E-state index is -0.545. The van der Waals surface area contributed by atoms with Crippen LogP contribution < -0.4 is 5.73 Å². The van der Waals surface area contributed by atoms with E-state index in [1.165, 1.54) is 5.56 Å². The van der Waals surface area contributed by atoms with E-state index in [4.69, 9.17) is 5.73 Å². The van der Waals surface area contributed by atoms with E-state index in [9.17, 15) is 5.11 Å². The Hall–Kier alpha value is -0.860. The second kappa shape index (κ2) is 4.40. The van der Waals surface area contributed by atoms with Crippen molar-refractivity contribution in [3.8, 4) is 0 Å². The number of hydrogen-bond donors (Lipinski definition) is 2. The third kappa shape index (κ3) is 2.29. The molecule has 2 nitrogen and oxygen atoms in total. The second-order valence-electron chi connectivity index (χ2n) is 3.36. The summed E-state index contributed by atoms with van der Waals surface area (Å²) < 4.78 is 0. The predicted molar refractivity (Wildman–Crippen MR) is 54.4 cm³/mol. The van der Waals surface area contributed by atoms with Crippen LogP contribution in [0.4, 0.5) is 0 Å². The molecule has 1 aromatic carbocycles. The van der Waals surface area contributed by atoms with Gasteiger partial charge in [0.1, 0.15) is 0 Å². The largest absolute Gasteiger partial charge is 0.387 e. The molecular formula is C11H17NO. The fourth-order valence-electron chi connectivity index (χ4n) is 1.43. The van der Waals surface area contributed by atoms with Gasteiger partial charge in [0.2, 0.25) is 0 Å². The fraction of sp³-hybridized carbons (Fsp3) is 0.455. The molecule has 0 aromatic heterocycles. The summed E-state index contributed by atoms with van der Waals surface area (Å²) in [6.07, 6.45) is 0.385. The van der Waals surface area contributed by atoms with Crippen LogP contribution in [0.3, 0.4) is 0 Å². The van der Waals surface area contributed by atoms with Gasteiger partial charge in [-0.1, -0.05) is 31.2 Å². The molecule has 0 fully saturated rings. The van der Waals surface area contributed by atoms with Crippen LogP contribution >= 0.6 is 0 Å². The number of nitrogens with two attached hydrogens (primary N) is 1. The number of aliphatic hydroxyl groups is 1. The van der Waals surface area contributed by atoms with Gasteiger partial charge in [-0.05, 0) is 24.5 Å². The lowest BCUT2D eigenvalue weighted by Crippen LogP contribution is -2.25. The van der Waals surface area contributed by atoms with E-state index in [1.54, 1.807) is 0 Å². The lowest BCUT2D eigenvalue weighted by atomic mass is 9.97. The molecule has 0 amide bonds. The Morgan fingerprint density at radius 3 is 2.54 bits per heavy atom. The average Bonchev–Trinajstić information content (AvgIpc) is 2.16. The van der Waals surface area contributed by atoms with E-state index >= 15 is 0 Å². The normalized spacial score (nSPS) is 15.4. The van der Waals surface area contributed by atoms with E-state index in [1.807, 2.05) is 31.2 Å². The van der Waals surface area contributed by atoms with Gasteiger partial charge in [-0.3, -0.25) is 0 Å². The Morgan fingerprint density at radius 2 is 2.00 bits per heavy atom. The maximum atomic E-state index is 9.78. The van der Waals surface area contributed by atoms with Crippen LogP contribution in [0.2, 0.25) is 0 Å². The third-order valence-corrected chi connectivity index (χ3v) is 2.25. The van der Waals surface area contributed by atoms with Crippen molar-refractivity contribution in [2.75, 3.05) is 0 Å². The summed E-state index contributed by atoms with van der Waals surface area (Å²) in [4.78, 5) is 0. The Morgan fingerprint density at radius 1 is 1.38 bits per heavy atom. The molecule has 0 saturated heterocycles. The molecule has 0 saturated carbocycles. The van der Waals surface area contributed by atoms with Crippen molar-refractivity contribution in [2.24, 2.45) is 5.73 Å².